The second-order valence-corrected chi connectivity index (χ2v) is 5.76. The maximum Gasteiger partial charge on any atom is 0.187 e. The van der Waals surface area contributed by atoms with Crippen molar-refractivity contribution in [1.82, 2.24) is 20.2 Å². The summed E-state index contributed by atoms with van der Waals surface area (Å²) in [5.41, 5.74) is 9.03. The topological polar surface area (TPSA) is 69.6 Å². The van der Waals surface area contributed by atoms with Crippen LogP contribution in [0.2, 0.25) is 5.02 Å². The lowest BCUT2D eigenvalue weighted by atomic mass is 10.2. The zero-order valence-electron chi connectivity index (χ0n) is 11.1. The van der Waals surface area contributed by atoms with Crippen molar-refractivity contribution in [2.45, 2.75) is 6.92 Å². The van der Waals surface area contributed by atoms with E-state index in [1.54, 1.807) is 16.8 Å². The average molecular weight is 365 g/mol. The van der Waals surface area contributed by atoms with Crippen LogP contribution < -0.4 is 5.73 Å². The van der Waals surface area contributed by atoms with Crippen LogP contribution in [0.5, 0.6) is 0 Å². The molecule has 0 aliphatic heterocycles. The summed E-state index contributed by atoms with van der Waals surface area (Å²) in [5, 5.41) is 12.4. The molecule has 0 saturated heterocycles. The van der Waals surface area contributed by atoms with Crippen LogP contribution in [-0.4, -0.2) is 20.2 Å². The minimum atomic E-state index is 0.477. The van der Waals surface area contributed by atoms with Crippen LogP contribution in [-0.2, 0) is 0 Å². The highest BCUT2D eigenvalue weighted by Crippen LogP contribution is 2.29. The standard InChI is InChI=1S/C14H11BrClN5/c1-8-3-2-4-12(13(8)15)21-14(18-19-20-21)9-5-6-11(17)10(16)7-9/h2-7H,17H2,1H3. The summed E-state index contributed by atoms with van der Waals surface area (Å²) in [6.07, 6.45) is 0. The summed E-state index contributed by atoms with van der Waals surface area (Å²) in [4.78, 5) is 0. The van der Waals surface area contributed by atoms with Crippen LogP contribution in [0.4, 0.5) is 5.69 Å². The summed E-state index contributed by atoms with van der Waals surface area (Å²) >= 11 is 9.65. The number of aryl methyl sites for hydroxylation is 1. The van der Waals surface area contributed by atoms with Gasteiger partial charge in [-0.15, -0.1) is 5.10 Å². The zero-order valence-corrected chi connectivity index (χ0v) is 13.4. The van der Waals surface area contributed by atoms with E-state index in [0.717, 1.165) is 21.3 Å². The number of tetrazole rings is 1. The quantitative estimate of drug-likeness (QED) is 0.705. The van der Waals surface area contributed by atoms with Gasteiger partial charge in [-0.2, -0.15) is 4.68 Å². The Labute approximate surface area is 134 Å². The van der Waals surface area contributed by atoms with E-state index >= 15 is 0 Å². The van der Waals surface area contributed by atoms with Gasteiger partial charge in [-0.1, -0.05) is 23.7 Å². The first kappa shape index (κ1) is 14.0. The van der Waals surface area contributed by atoms with Crippen LogP contribution in [0.25, 0.3) is 17.1 Å². The number of halogens is 2. The Morgan fingerprint density at radius 2 is 2.05 bits per heavy atom. The maximum absolute atomic E-state index is 6.07. The molecule has 0 bridgehead atoms. The van der Waals surface area contributed by atoms with Crippen molar-refractivity contribution in [3.05, 3.63) is 51.5 Å². The van der Waals surface area contributed by atoms with E-state index in [-0.39, 0.29) is 0 Å². The molecule has 5 nitrogen and oxygen atoms in total. The lowest BCUT2D eigenvalue weighted by Gasteiger charge is -2.09. The van der Waals surface area contributed by atoms with E-state index in [0.29, 0.717) is 16.5 Å². The van der Waals surface area contributed by atoms with Crippen molar-refractivity contribution in [3.63, 3.8) is 0 Å². The Balaban J connectivity index is 2.17. The van der Waals surface area contributed by atoms with E-state index in [2.05, 4.69) is 31.5 Å². The van der Waals surface area contributed by atoms with Crippen molar-refractivity contribution in [3.8, 4) is 17.1 Å². The normalized spacial score (nSPS) is 10.8. The molecule has 2 N–H and O–H groups in total. The van der Waals surface area contributed by atoms with Crippen molar-refractivity contribution < 1.29 is 0 Å². The molecule has 0 aliphatic carbocycles. The number of nitrogens with two attached hydrogens (primary N) is 1. The average Bonchev–Trinajstić information content (AvgIpc) is 2.94. The molecule has 0 saturated carbocycles. The third kappa shape index (κ3) is 2.52. The lowest BCUT2D eigenvalue weighted by Crippen LogP contribution is -2.02. The van der Waals surface area contributed by atoms with E-state index in [9.17, 15) is 0 Å². The first-order valence-corrected chi connectivity index (χ1v) is 7.34. The van der Waals surface area contributed by atoms with E-state index in [4.69, 9.17) is 17.3 Å². The van der Waals surface area contributed by atoms with Gasteiger partial charge in [-0.25, -0.2) is 0 Å². The van der Waals surface area contributed by atoms with Crippen molar-refractivity contribution >= 4 is 33.2 Å². The largest absolute Gasteiger partial charge is 0.398 e. The van der Waals surface area contributed by atoms with Gasteiger partial charge < -0.3 is 5.73 Å². The highest BCUT2D eigenvalue weighted by atomic mass is 79.9. The van der Waals surface area contributed by atoms with Gasteiger partial charge in [-0.3, -0.25) is 0 Å². The predicted octanol–water partition coefficient (Wildman–Crippen LogP) is 3.64. The Kier molecular flexibility index (Phi) is 3.65. The molecule has 0 unspecified atom stereocenters. The van der Waals surface area contributed by atoms with Crippen molar-refractivity contribution in [2.75, 3.05) is 5.73 Å². The van der Waals surface area contributed by atoms with E-state index in [1.807, 2.05) is 31.2 Å². The lowest BCUT2D eigenvalue weighted by molar-refractivity contribution is 0.788. The second-order valence-electron chi connectivity index (χ2n) is 4.56. The number of nitrogens with zero attached hydrogens (tertiary/aromatic N) is 4. The molecule has 0 amide bonds. The third-order valence-corrected chi connectivity index (χ3v) is 4.49. The Morgan fingerprint density at radius 3 is 2.81 bits per heavy atom. The summed E-state index contributed by atoms with van der Waals surface area (Å²) in [6.45, 7) is 2.01. The number of hydrogen-bond acceptors (Lipinski definition) is 4. The van der Waals surface area contributed by atoms with Crippen LogP contribution in [0.15, 0.2) is 40.9 Å². The summed E-state index contributed by atoms with van der Waals surface area (Å²) < 4.78 is 2.61. The molecule has 21 heavy (non-hydrogen) atoms. The molecule has 7 heteroatoms. The Bertz CT molecular complexity index is 815. The van der Waals surface area contributed by atoms with E-state index in [1.165, 1.54) is 0 Å². The van der Waals surface area contributed by atoms with Crippen LogP contribution in [0, 0.1) is 6.92 Å². The SMILES string of the molecule is Cc1cccc(-n2nnnc2-c2ccc(N)c(Cl)c2)c1Br. The van der Waals surface area contributed by atoms with Gasteiger partial charge >= 0.3 is 0 Å². The van der Waals surface area contributed by atoms with Gasteiger partial charge in [0.25, 0.3) is 0 Å². The summed E-state index contributed by atoms with van der Waals surface area (Å²) in [5.74, 6) is 0.600. The van der Waals surface area contributed by atoms with Gasteiger partial charge in [0.1, 0.15) is 0 Å². The van der Waals surface area contributed by atoms with Gasteiger partial charge in [0.05, 0.1) is 16.4 Å². The number of aromatic nitrogens is 4. The van der Waals surface area contributed by atoms with Gasteiger partial charge in [0.2, 0.25) is 0 Å². The van der Waals surface area contributed by atoms with Gasteiger partial charge in [0, 0.05) is 10.0 Å². The monoisotopic (exact) mass is 363 g/mol. The number of rotatable bonds is 2. The summed E-state index contributed by atoms with van der Waals surface area (Å²) in [7, 11) is 0. The minimum absolute atomic E-state index is 0.477. The molecule has 2 aromatic carbocycles. The Hall–Kier alpha value is -1.92. The number of benzene rings is 2. The highest BCUT2D eigenvalue weighted by Gasteiger charge is 2.14. The number of anilines is 1. The molecule has 0 atom stereocenters. The molecule has 0 radical (unpaired) electrons. The van der Waals surface area contributed by atoms with Crippen molar-refractivity contribution in [1.29, 1.82) is 0 Å². The zero-order chi connectivity index (χ0) is 15.0. The maximum atomic E-state index is 6.07. The van der Waals surface area contributed by atoms with E-state index < -0.39 is 0 Å². The Morgan fingerprint density at radius 1 is 1.24 bits per heavy atom. The molecule has 0 aliphatic rings. The fourth-order valence-electron chi connectivity index (χ4n) is 1.99. The second kappa shape index (κ2) is 5.46. The van der Waals surface area contributed by atoms with Crippen LogP contribution >= 0.6 is 27.5 Å². The first-order chi connectivity index (χ1) is 10.1. The fourth-order valence-corrected chi connectivity index (χ4v) is 2.60. The molecule has 3 rings (SSSR count). The molecular weight excluding hydrogens is 354 g/mol. The molecule has 0 fully saturated rings. The minimum Gasteiger partial charge on any atom is -0.398 e. The van der Waals surface area contributed by atoms with Crippen molar-refractivity contribution in [2.24, 2.45) is 0 Å². The first-order valence-electron chi connectivity index (χ1n) is 6.17. The highest BCUT2D eigenvalue weighted by molar-refractivity contribution is 9.10. The molecule has 3 aromatic rings. The molecule has 0 spiro atoms. The molecular formula is C14H11BrClN5. The molecule has 106 valence electrons. The predicted molar refractivity (Wildman–Crippen MR) is 86.4 cm³/mol. The third-order valence-electron chi connectivity index (χ3n) is 3.13. The number of hydrogen-bond donors (Lipinski definition) is 1. The van der Waals surface area contributed by atoms with Crippen LogP contribution in [0.3, 0.4) is 0 Å². The molecule has 1 aromatic heterocycles. The van der Waals surface area contributed by atoms with Gasteiger partial charge in [-0.05, 0) is 63.1 Å². The number of nitrogen functional groups attached to an aromatic ring is 1. The van der Waals surface area contributed by atoms with Crippen LogP contribution in [0.1, 0.15) is 5.56 Å². The van der Waals surface area contributed by atoms with Gasteiger partial charge in [0.15, 0.2) is 5.82 Å². The molecule has 1 heterocycles. The smallest absolute Gasteiger partial charge is 0.187 e. The summed E-state index contributed by atoms with van der Waals surface area (Å²) in [6, 6.07) is 11.2. The fraction of sp³-hybridized carbons (Fsp3) is 0.0714.